The van der Waals surface area contributed by atoms with Crippen molar-refractivity contribution in [3.63, 3.8) is 0 Å². The number of hydrogen-bond acceptors (Lipinski definition) is 2. The number of aliphatic hydroxyl groups is 1. The van der Waals surface area contributed by atoms with Crippen molar-refractivity contribution in [2.45, 2.75) is 26.2 Å². The monoisotopic (exact) mass is 144 g/mol. The fourth-order valence-corrected chi connectivity index (χ4v) is 1.46. The maximum Gasteiger partial charge on any atom is 0.0520 e. The molecule has 1 rings (SSSR count). The lowest BCUT2D eigenvalue weighted by Gasteiger charge is -2.32. The van der Waals surface area contributed by atoms with Gasteiger partial charge in [0.25, 0.3) is 0 Å². The van der Waals surface area contributed by atoms with E-state index in [1.807, 2.05) is 0 Å². The summed E-state index contributed by atoms with van der Waals surface area (Å²) in [6.07, 6.45) is 3.23. The van der Waals surface area contributed by atoms with Crippen LogP contribution in [-0.4, -0.2) is 24.9 Å². The van der Waals surface area contributed by atoms with Crippen LogP contribution in [0.1, 0.15) is 26.2 Å². The van der Waals surface area contributed by atoms with Gasteiger partial charge in [-0.2, -0.15) is 0 Å². The summed E-state index contributed by atoms with van der Waals surface area (Å²) in [5, 5.41) is 8.73. The lowest BCUT2D eigenvalue weighted by Crippen LogP contribution is -2.29. The fourth-order valence-electron chi connectivity index (χ4n) is 1.46. The molecule has 1 fully saturated rings. The minimum Gasteiger partial charge on any atom is -0.396 e. The third kappa shape index (κ3) is 1.96. The zero-order valence-electron chi connectivity index (χ0n) is 6.60. The maximum atomic E-state index is 8.73. The molecule has 0 aromatic carbocycles. The molecule has 2 heteroatoms. The molecule has 0 spiro atoms. The molecule has 1 heterocycles. The van der Waals surface area contributed by atoms with Crippen molar-refractivity contribution in [1.29, 1.82) is 0 Å². The second kappa shape index (κ2) is 3.35. The Labute approximate surface area is 62.2 Å². The van der Waals surface area contributed by atoms with Gasteiger partial charge in [-0.05, 0) is 24.7 Å². The number of ether oxygens (including phenoxy) is 1. The molecule has 2 nitrogen and oxygen atoms in total. The summed E-state index contributed by atoms with van der Waals surface area (Å²) in [5.41, 5.74) is 0.257. The highest BCUT2D eigenvalue weighted by atomic mass is 16.5. The van der Waals surface area contributed by atoms with Crippen LogP contribution in [0, 0.1) is 5.41 Å². The number of rotatable bonds is 2. The number of aliphatic hydroxyl groups excluding tert-OH is 1. The molecule has 1 N–H and O–H groups in total. The van der Waals surface area contributed by atoms with Gasteiger partial charge >= 0.3 is 0 Å². The molecule has 0 aromatic rings. The van der Waals surface area contributed by atoms with Gasteiger partial charge in [-0.15, -0.1) is 0 Å². The average molecular weight is 144 g/mol. The Morgan fingerprint density at radius 1 is 1.60 bits per heavy atom. The van der Waals surface area contributed by atoms with Crippen LogP contribution in [0.3, 0.4) is 0 Å². The fraction of sp³-hybridized carbons (Fsp3) is 1.00. The first-order chi connectivity index (χ1) is 4.77. The molecule has 0 aromatic heterocycles. The van der Waals surface area contributed by atoms with Gasteiger partial charge in [0, 0.05) is 13.2 Å². The lowest BCUT2D eigenvalue weighted by atomic mass is 9.82. The standard InChI is InChI=1S/C8H16O2/c1-8(4-5-9)3-2-6-10-7-8/h9H,2-7H2,1H3/t8-/m0/s1. The van der Waals surface area contributed by atoms with E-state index in [4.69, 9.17) is 9.84 Å². The third-order valence-corrected chi connectivity index (χ3v) is 2.23. The first-order valence-electron chi connectivity index (χ1n) is 3.95. The van der Waals surface area contributed by atoms with Crippen LogP contribution in [0.25, 0.3) is 0 Å². The van der Waals surface area contributed by atoms with Crippen molar-refractivity contribution in [1.82, 2.24) is 0 Å². The van der Waals surface area contributed by atoms with Crippen molar-refractivity contribution in [2.24, 2.45) is 5.41 Å². The smallest absolute Gasteiger partial charge is 0.0520 e. The Hall–Kier alpha value is -0.0800. The molecular weight excluding hydrogens is 128 g/mol. The van der Waals surface area contributed by atoms with Crippen LogP contribution in [0.2, 0.25) is 0 Å². The van der Waals surface area contributed by atoms with E-state index in [9.17, 15) is 0 Å². The molecule has 0 aliphatic carbocycles. The first kappa shape index (κ1) is 8.02. The van der Waals surface area contributed by atoms with Gasteiger partial charge in [-0.3, -0.25) is 0 Å². The van der Waals surface area contributed by atoms with Gasteiger partial charge in [-0.25, -0.2) is 0 Å². The second-order valence-corrected chi connectivity index (χ2v) is 3.44. The lowest BCUT2D eigenvalue weighted by molar-refractivity contribution is -0.00970. The van der Waals surface area contributed by atoms with Crippen molar-refractivity contribution in [3.05, 3.63) is 0 Å². The molecule has 0 radical (unpaired) electrons. The van der Waals surface area contributed by atoms with Crippen LogP contribution in [0.5, 0.6) is 0 Å². The second-order valence-electron chi connectivity index (χ2n) is 3.44. The predicted octanol–water partition coefficient (Wildman–Crippen LogP) is 1.19. The third-order valence-electron chi connectivity index (χ3n) is 2.23. The molecule has 1 aliphatic rings. The maximum absolute atomic E-state index is 8.73. The summed E-state index contributed by atoms with van der Waals surface area (Å²) in [6, 6.07) is 0. The molecule has 1 saturated heterocycles. The van der Waals surface area contributed by atoms with E-state index < -0.39 is 0 Å². The Morgan fingerprint density at radius 3 is 2.90 bits per heavy atom. The van der Waals surface area contributed by atoms with Crippen molar-refractivity contribution in [3.8, 4) is 0 Å². The van der Waals surface area contributed by atoms with Gasteiger partial charge in [0.15, 0.2) is 0 Å². The topological polar surface area (TPSA) is 29.5 Å². The highest BCUT2D eigenvalue weighted by Gasteiger charge is 2.26. The molecule has 0 saturated carbocycles. The molecule has 0 amide bonds. The van der Waals surface area contributed by atoms with E-state index >= 15 is 0 Å². The molecule has 60 valence electrons. The van der Waals surface area contributed by atoms with Crippen LogP contribution in [0.15, 0.2) is 0 Å². The van der Waals surface area contributed by atoms with Gasteiger partial charge in [0.2, 0.25) is 0 Å². The van der Waals surface area contributed by atoms with Gasteiger partial charge < -0.3 is 9.84 Å². The van der Waals surface area contributed by atoms with Crippen LogP contribution >= 0.6 is 0 Å². The minimum atomic E-state index is 0.257. The van der Waals surface area contributed by atoms with Crippen LogP contribution in [-0.2, 0) is 4.74 Å². The molecule has 1 atom stereocenters. The summed E-state index contributed by atoms with van der Waals surface area (Å²) in [6.45, 7) is 4.21. The summed E-state index contributed by atoms with van der Waals surface area (Å²) < 4.78 is 5.33. The highest BCUT2D eigenvalue weighted by molar-refractivity contribution is 4.76. The number of hydrogen-bond donors (Lipinski definition) is 1. The molecular formula is C8H16O2. The van der Waals surface area contributed by atoms with Crippen molar-refractivity contribution < 1.29 is 9.84 Å². The Morgan fingerprint density at radius 2 is 2.40 bits per heavy atom. The zero-order valence-corrected chi connectivity index (χ0v) is 6.60. The largest absolute Gasteiger partial charge is 0.396 e. The Balaban J connectivity index is 2.32. The van der Waals surface area contributed by atoms with E-state index in [0.717, 1.165) is 26.1 Å². The minimum absolute atomic E-state index is 0.257. The SMILES string of the molecule is C[C@@]1(CCO)CCCOC1. The van der Waals surface area contributed by atoms with Crippen molar-refractivity contribution >= 4 is 0 Å². The molecule has 0 bridgehead atoms. The molecule has 1 aliphatic heterocycles. The van der Waals surface area contributed by atoms with Crippen molar-refractivity contribution in [2.75, 3.05) is 19.8 Å². The van der Waals surface area contributed by atoms with E-state index in [0.29, 0.717) is 6.61 Å². The zero-order chi connectivity index (χ0) is 7.45. The Kier molecular flexibility index (Phi) is 2.69. The van der Waals surface area contributed by atoms with Crippen LogP contribution < -0.4 is 0 Å². The highest BCUT2D eigenvalue weighted by Crippen LogP contribution is 2.30. The van der Waals surface area contributed by atoms with E-state index in [1.165, 1.54) is 6.42 Å². The van der Waals surface area contributed by atoms with Crippen LogP contribution in [0.4, 0.5) is 0 Å². The summed E-state index contributed by atoms with van der Waals surface area (Å²) in [4.78, 5) is 0. The van der Waals surface area contributed by atoms with Gasteiger partial charge in [0.1, 0.15) is 0 Å². The van der Waals surface area contributed by atoms with E-state index in [1.54, 1.807) is 0 Å². The summed E-state index contributed by atoms with van der Waals surface area (Å²) in [5.74, 6) is 0. The van der Waals surface area contributed by atoms with Gasteiger partial charge in [0.05, 0.1) is 6.61 Å². The molecule has 10 heavy (non-hydrogen) atoms. The quantitative estimate of drug-likeness (QED) is 0.630. The Bertz CT molecular complexity index is 89.9. The average Bonchev–Trinajstić information content (AvgIpc) is 1.89. The summed E-state index contributed by atoms with van der Waals surface area (Å²) in [7, 11) is 0. The first-order valence-corrected chi connectivity index (χ1v) is 3.95. The molecule has 0 unspecified atom stereocenters. The predicted molar refractivity (Wildman–Crippen MR) is 39.9 cm³/mol. The summed E-state index contributed by atoms with van der Waals surface area (Å²) >= 11 is 0. The van der Waals surface area contributed by atoms with E-state index in [2.05, 4.69) is 6.92 Å². The van der Waals surface area contributed by atoms with Gasteiger partial charge in [-0.1, -0.05) is 6.92 Å². The normalized spacial score (nSPS) is 34.2. The van der Waals surface area contributed by atoms with E-state index in [-0.39, 0.29) is 5.41 Å².